The summed E-state index contributed by atoms with van der Waals surface area (Å²) < 4.78 is 53.2. The van der Waals surface area contributed by atoms with Gasteiger partial charge < -0.3 is 10.6 Å². The fourth-order valence-corrected chi connectivity index (χ4v) is 4.01. The van der Waals surface area contributed by atoms with Crippen molar-refractivity contribution >= 4 is 22.6 Å². The van der Waals surface area contributed by atoms with Crippen molar-refractivity contribution in [3.05, 3.63) is 59.0 Å². The van der Waals surface area contributed by atoms with Crippen LogP contribution in [0.2, 0.25) is 0 Å². The largest absolute Gasteiger partial charge is 0.416 e. The summed E-state index contributed by atoms with van der Waals surface area (Å²) in [6.07, 6.45) is 0.691. The Balaban J connectivity index is 1.51. The van der Waals surface area contributed by atoms with Crippen LogP contribution in [0.15, 0.2) is 36.5 Å². The molecule has 2 amide bonds. The highest BCUT2D eigenvalue weighted by Crippen LogP contribution is 2.39. The number of H-pyrrole nitrogens is 1. The first-order chi connectivity index (χ1) is 14.3. The van der Waals surface area contributed by atoms with Crippen LogP contribution >= 0.6 is 0 Å². The number of fused-ring (bicyclic) bond motifs is 1. The van der Waals surface area contributed by atoms with Gasteiger partial charge in [0.05, 0.1) is 23.0 Å². The van der Waals surface area contributed by atoms with Crippen LogP contribution in [0, 0.1) is 5.82 Å². The Morgan fingerprint density at radius 2 is 1.93 bits per heavy atom. The van der Waals surface area contributed by atoms with E-state index in [2.05, 4.69) is 20.8 Å². The van der Waals surface area contributed by atoms with E-state index in [0.717, 1.165) is 31.7 Å². The normalized spacial score (nSPS) is 14.9. The monoisotopic (exact) mass is 420 g/mol. The minimum Gasteiger partial charge on any atom is -0.334 e. The summed E-state index contributed by atoms with van der Waals surface area (Å²) in [5.41, 5.74) is 1.29. The van der Waals surface area contributed by atoms with Gasteiger partial charge >= 0.3 is 12.2 Å². The summed E-state index contributed by atoms with van der Waals surface area (Å²) in [6, 6.07) is 5.52. The molecule has 1 aromatic heterocycles. The van der Waals surface area contributed by atoms with Gasteiger partial charge in [-0.15, -0.1) is 0 Å². The predicted octanol–water partition coefficient (Wildman–Crippen LogP) is 5.70. The fourth-order valence-electron chi connectivity index (χ4n) is 4.01. The summed E-state index contributed by atoms with van der Waals surface area (Å²) in [7, 11) is 0. The molecule has 30 heavy (non-hydrogen) atoms. The van der Waals surface area contributed by atoms with E-state index in [1.165, 1.54) is 30.5 Å². The standard InChI is InChI=1S/C21H20F4N4O/c22-15-8-18(17-11-27-29-19(17)9-15)28-20(30)26-10-13-5-6-14(21(23,24)25)7-16(13)12-3-1-2-4-12/h5-9,11-12H,1-4,10H2,(H,27,29)(H2,26,28,30). The molecule has 0 saturated heterocycles. The van der Waals surface area contributed by atoms with Gasteiger partial charge in [-0.2, -0.15) is 18.3 Å². The average Bonchev–Trinajstić information content (AvgIpc) is 3.37. The van der Waals surface area contributed by atoms with Gasteiger partial charge in [-0.05, 0) is 54.2 Å². The van der Waals surface area contributed by atoms with Crippen LogP contribution in [0.1, 0.15) is 48.3 Å². The van der Waals surface area contributed by atoms with Gasteiger partial charge in [0.25, 0.3) is 0 Å². The molecule has 158 valence electrons. The smallest absolute Gasteiger partial charge is 0.334 e. The first-order valence-electron chi connectivity index (χ1n) is 9.69. The second-order valence-electron chi connectivity index (χ2n) is 7.48. The molecule has 3 aromatic rings. The van der Waals surface area contributed by atoms with Gasteiger partial charge in [-0.1, -0.05) is 18.9 Å². The van der Waals surface area contributed by atoms with Crippen molar-refractivity contribution in [1.29, 1.82) is 0 Å². The van der Waals surface area contributed by atoms with Crippen LogP contribution in [0.5, 0.6) is 0 Å². The number of nitrogens with one attached hydrogen (secondary N) is 3. The van der Waals surface area contributed by atoms with E-state index in [9.17, 15) is 22.4 Å². The second kappa shape index (κ2) is 7.97. The molecule has 0 radical (unpaired) electrons. The first-order valence-corrected chi connectivity index (χ1v) is 9.69. The number of rotatable bonds is 4. The van der Waals surface area contributed by atoms with Crippen LogP contribution in [0.4, 0.5) is 28.0 Å². The van der Waals surface area contributed by atoms with E-state index < -0.39 is 23.6 Å². The molecule has 1 heterocycles. The lowest BCUT2D eigenvalue weighted by atomic mass is 9.91. The number of anilines is 1. The number of amides is 2. The maximum atomic E-state index is 13.7. The van der Waals surface area contributed by atoms with Crippen LogP contribution < -0.4 is 10.6 Å². The Morgan fingerprint density at radius 3 is 2.67 bits per heavy atom. The van der Waals surface area contributed by atoms with Crippen molar-refractivity contribution in [1.82, 2.24) is 15.5 Å². The zero-order chi connectivity index (χ0) is 21.3. The molecule has 1 aliphatic rings. The molecular formula is C21H20F4N4O. The molecule has 0 bridgehead atoms. The molecule has 0 unspecified atom stereocenters. The summed E-state index contributed by atoms with van der Waals surface area (Å²) in [5, 5.41) is 12.3. The third kappa shape index (κ3) is 4.24. The molecule has 1 fully saturated rings. The van der Waals surface area contributed by atoms with Gasteiger partial charge in [-0.3, -0.25) is 5.10 Å². The van der Waals surface area contributed by atoms with Crippen molar-refractivity contribution < 1.29 is 22.4 Å². The molecule has 5 nitrogen and oxygen atoms in total. The van der Waals surface area contributed by atoms with Crippen LogP contribution in [0.3, 0.4) is 0 Å². The Bertz CT molecular complexity index is 1070. The number of nitrogens with zero attached hydrogens (tertiary/aromatic N) is 1. The SMILES string of the molecule is O=C(NCc1ccc(C(F)(F)F)cc1C1CCCC1)Nc1cc(F)cc2[nH]ncc12. The number of alkyl halides is 3. The number of benzene rings is 2. The van der Waals surface area contributed by atoms with Gasteiger partial charge in [0.15, 0.2) is 0 Å². The number of carbonyl (C=O) groups is 1. The molecule has 2 aromatic carbocycles. The van der Waals surface area contributed by atoms with Crippen molar-refractivity contribution in [2.45, 2.75) is 44.3 Å². The number of hydrogen-bond donors (Lipinski definition) is 3. The van der Waals surface area contributed by atoms with Gasteiger partial charge in [0, 0.05) is 11.9 Å². The summed E-state index contributed by atoms with van der Waals surface area (Å²) in [4.78, 5) is 12.4. The molecule has 0 atom stereocenters. The van der Waals surface area contributed by atoms with Crippen molar-refractivity contribution in [3.63, 3.8) is 0 Å². The van der Waals surface area contributed by atoms with Crippen LogP contribution in [-0.2, 0) is 12.7 Å². The average molecular weight is 420 g/mol. The topological polar surface area (TPSA) is 69.8 Å². The molecular weight excluding hydrogens is 400 g/mol. The molecule has 9 heteroatoms. The highest BCUT2D eigenvalue weighted by Gasteiger charge is 2.32. The lowest BCUT2D eigenvalue weighted by molar-refractivity contribution is -0.137. The third-order valence-corrected chi connectivity index (χ3v) is 5.48. The van der Waals surface area contributed by atoms with E-state index in [-0.39, 0.29) is 18.2 Å². The Morgan fingerprint density at radius 1 is 1.17 bits per heavy atom. The van der Waals surface area contributed by atoms with E-state index in [4.69, 9.17) is 0 Å². The molecule has 0 aliphatic heterocycles. The highest BCUT2D eigenvalue weighted by molar-refractivity contribution is 6.00. The lowest BCUT2D eigenvalue weighted by Crippen LogP contribution is -2.29. The van der Waals surface area contributed by atoms with E-state index in [1.807, 2.05) is 0 Å². The lowest BCUT2D eigenvalue weighted by Gasteiger charge is -2.19. The van der Waals surface area contributed by atoms with E-state index >= 15 is 0 Å². The number of aromatic amines is 1. The Labute approximate surface area is 169 Å². The number of carbonyl (C=O) groups excluding carboxylic acids is 1. The van der Waals surface area contributed by atoms with Crippen molar-refractivity contribution in [2.24, 2.45) is 0 Å². The third-order valence-electron chi connectivity index (χ3n) is 5.48. The van der Waals surface area contributed by atoms with Gasteiger partial charge in [0.2, 0.25) is 0 Å². The van der Waals surface area contributed by atoms with Crippen LogP contribution in [-0.4, -0.2) is 16.2 Å². The maximum absolute atomic E-state index is 13.7. The zero-order valence-corrected chi connectivity index (χ0v) is 15.9. The Kier molecular flexibility index (Phi) is 5.36. The number of aromatic nitrogens is 2. The fraction of sp³-hybridized carbons (Fsp3) is 0.333. The zero-order valence-electron chi connectivity index (χ0n) is 15.9. The van der Waals surface area contributed by atoms with Crippen molar-refractivity contribution in [3.8, 4) is 0 Å². The van der Waals surface area contributed by atoms with Gasteiger partial charge in [0.1, 0.15) is 5.82 Å². The molecule has 3 N–H and O–H groups in total. The minimum absolute atomic E-state index is 0.0564. The molecule has 4 rings (SSSR count). The van der Waals surface area contributed by atoms with E-state index in [1.54, 1.807) is 0 Å². The number of hydrogen-bond acceptors (Lipinski definition) is 2. The first kappa shape index (κ1) is 20.2. The second-order valence-corrected chi connectivity index (χ2v) is 7.48. The van der Waals surface area contributed by atoms with Crippen molar-refractivity contribution in [2.75, 3.05) is 5.32 Å². The van der Waals surface area contributed by atoms with Gasteiger partial charge in [-0.25, -0.2) is 9.18 Å². The molecule has 1 saturated carbocycles. The molecule has 1 aliphatic carbocycles. The summed E-state index contributed by atoms with van der Waals surface area (Å²) in [6.45, 7) is 0.0691. The summed E-state index contributed by atoms with van der Waals surface area (Å²) in [5.74, 6) is -0.478. The molecule has 0 spiro atoms. The van der Waals surface area contributed by atoms with Crippen LogP contribution in [0.25, 0.3) is 10.9 Å². The van der Waals surface area contributed by atoms with E-state index in [0.29, 0.717) is 22.0 Å². The quantitative estimate of drug-likeness (QED) is 0.474. The Hall–Kier alpha value is -3.10. The highest BCUT2D eigenvalue weighted by atomic mass is 19.4. The summed E-state index contributed by atoms with van der Waals surface area (Å²) >= 11 is 0. The predicted molar refractivity (Wildman–Crippen MR) is 105 cm³/mol. The number of halogens is 4. The maximum Gasteiger partial charge on any atom is 0.416 e. The number of urea groups is 1. The minimum atomic E-state index is -4.41.